The quantitative estimate of drug-likeness (QED) is 0.907. The Morgan fingerprint density at radius 1 is 1.60 bits per heavy atom. The zero-order chi connectivity index (χ0) is 11.4. The first-order valence-corrected chi connectivity index (χ1v) is 7.31. The molecule has 1 N–H and O–H groups in total. The zero-order valence-corrected chi connectivity index (χ0v) is 11.5. The van der Waals surface area contributed by atoms with Gasteiger partial charge in [0.15, 0.2) is 0 Å². The molecule has 0 aliphatic carbocycles. The highest BCUT2D eigenvalue weighted by Crippen LogP contribution is 2.24. The average Bonchev–Trinajstić information content (AvgIpc) is 2.49. The summed E-state index contributed by atoms with van der Waals surface area (Å²) in [6.07, 6.45) is 3.37. The Kier molecular flexibility index (Phi) is 5.02. The molecule has 86 valence electrons. The van der Waals surface area contributed by atoms with Crippen molar-refractivity contribution in [1.29, 1.82) is 0 Å². The first-order chi connectivity index (χ1) is 7.00. The van der Waals surface area contributed by atoms with Crippen molar-refractivity contribution < 1.29 is 8.63 Å². The smallest absolute Gasteiger partial charge is 0.134 e. The molecule has 0 aliphatic heterocycles. The van der Waals surface area contributed by atoms with Gasteiger partial charge >= 0.3 is 0 Å². The van der Waals surface area contributed by atoms with Gasteiger partial charge in [0, 0.05) is 28.9 Å². The Hall–Kier alpha value is -0.130. The molecule has 0 radical (unpaired) electrons. The third-order valence-corrected chi connectivity index (χ3v) is 3.68. The minimum atomic E-state index is -0.769. The molecule has 0 aromatic carbocycles. The summed E-state index contributed by atoms with van der Waals surface area (Å²) in [6.45, 7) is 4.05. The van der Waals surface area contributed by atoms with Crippen molar-refractivity contribution in [1.82, 2.24) is 5.32 Å². The SMILES string of the molecule is CC(CS(C)=O)NC(C)c1occc1Br. The number of hydrogen-bond donors (Lipinski definition) is 1. The van der Waals surface area contributed by atoms with Gasteiger partial charge < -0.3 is 9.73 Å². The summed E-state index contributed by atoms with van der Waals surface area (Å²) in [7, 11) is -0.769. The highest BCUT2D eigenvalue weighted by atomic mass is 79.9. The highest BCUT2D eigenvalue weighted by molar-refractivity contribution is 9.10. The maximum absolute atomic E-state index is 11.0. The van der Waals surface area contributed by atoms with E-state index < -0.39 is 10.8 Å². The lowest BCUT2D eigenvalue weighted by Gasteiger charge is -2.17. The Balaban J connectivity index is 2.52. The average molecular weight is 294 g/mol. The minimum Gasteiger partial charge on any atom is -0.466 e. The molecule has 1 aromatic rings. The van der Waals surface area contributed by atoms with Crippen LogP contribution in [0.2, 0.25) is 0 Å². The summed E-state index contributed by atoms with van der Waals surface area (Å²) < 4.78 is 17.3. The van der Waals surface area contributed by atoms with E-state index in [1.54, 1.807) is 12.5 Å². The van der Waals surface area contributed by atoms with Crippen molar-refractivity contribution in [3.63, 3.8) is 0 Å². The summed E-state index contributed by atoms with van der Waals surface area (Å²) in [5.41, 5.74) is 0. The summed E-state index contributed by atoms with van der Waals surface area (Å²) in [6, 6.07) is 2.20. The van der Waals surface area contributed by atoms with Crippen LogP contribution in [0, 0.1) is 0 Å². The predicted octanol–water partition coefficient (Wildman–Crippen LogP) is 2.46. The van der Waals surface area contributed by atoms with Crippen LogP contribution in [0.4, 0.5) is 0 Å². The zero-order valence-electron chi connectivity index (χ0n) is 9.12. The van der Waals surface area contributed by atoms with E-state index in [-0.39, 0.29) is 12.1 Å². The van der Waals surface area contributed by atoms with E-state index >= 15 is 0 Å². The molecular formula is C10H16BrNO2S. The molecule has 5 heteroatoms. The lowest BCUT2D eigenvalue weighted by Crippen LogP contribution is -2.33. The van der Waals surface area contributed by atoms with Crippen LogP contribution < -0.4 is 5.32 Å². The van der Waals surface area contributed by atoms with Gasteiger partial charge in [-0.3, -0.25) is 4.21 Å². The maximum atomic E-state index is 11.0. The largest absolute Gasteiger partial charge is 0.466 e. The standard InChI is InChI=1S/C10H16BrNO2S/c1-7(6-15(3)13)12-8(2)10-9(11)4-5-14-10/h4-5,7-8,12H,6H2,1-3H3. The second kappa shape index (κ2) is 5.82. The molecule has 1 heterocycles. The van der Waals surface area contributed by atoms with E-state index in [9.17, 15) is 4.21 Å². The van der Waals surface area contributed by atoms with Crippen LogP contribution in [0.25, 0.3) is 0 Å². The van der Waals surface area contributed by atoms with E-state index in [4.69, 9.17) is 4.42 Å². The normalized spacial score (nSPS) is 17.3. The fourth-order valence-electron chi connectivity index (χ4n) is 1.52. The van der Waals surface area contributed by atoms with E-state index in [1.807, 2.05) is 19.9 Å². The Morgan fingerprint density at radius 2 is 2.27 bits per heavy atom. The van der Waals surface area contributed by atoms with E-state index in [0.29, 0.717) is 5.75 Å². The third-order valence-electron chi connectivity index (χ3n) is 2.06. The molecule has 1 rings (SSSR count). The number of furan rings is 1. The highest BCUT2D eigenvalue weighted by Gasteiger charge is 2.15. The fourth-order valence-corrected chi connectivity index (χ4v) is 2.86. The lowest BCUT2D eigenvalue weighted by molar-refractivity contribution is 0.407. The monoisotopic (exact) mass is 293 g/mol. The summed E-state index contributed by atoms with van der Waals surface area (Å²) in [5, 5.41) is 3.34. The number of nitrogens with one attached hydrogen (secondary N) is 1. The van der Waals surface area contributed by atoms with Crippen molar-refractivity contribution in [3.05, 3.63) is 22.6 Å². The molecule has 15 heavy (non-hydrogen) atoms. The molecule has 3 nitrogen and oxygen atoms in total. The van der Waals surface area contributed by atoms with Crippen LogP contribution in [-0.2, 0) is 10.8 Å². The van der Waals surface area contributed by atoms with Gasteiger partial charge in [0.05, 0.1) is 16.8 Å². The summed E-state index contributed by atoms with van der Waals surface area (Å²) >= 11 is 3.41. The number of rotatable bonds is 5. The molecule has 3 unspecified atom stereocenters. The number of halogens is 1. The molecular weight excluding hydrogens is 278 g/mol. The molecule has 0 saturated heterocycles. The molecule has 1 aromatic heterocycles. The molecule has 0 spiro atoms. The van der Waals surface area contributed by atoms with Gasteiger partial charge in [-0.1, -0.05) is 0 Å². The molecule has 3 atom stereocenters. The van der Waals surface area contributed by atoms with Gasteiger partial charge in [-0.15, -0.1) is 0 Å². The predicted molar refractivity (Wildman–Crippen MR) is 66.4 cm³/mol. The Labute approximate surface area is 101 Å². The van der Waals surface area contributed by atoms with Crippen LogP contribution in [0.5, 0.6) is 0 Å². The molecule has 0 amide bonds. The van der Waals surface area contributed by atoms with E-state index in [1.165, 1.54) is 0 Å². The second-order valence-corrected chi connectivity index (χ2v) is 6.00. The lowest BCUT2D eigenvalue weighted by atomic mass is 10.2. The number of hydrogen-bond acceptors (Lipinski definition) is 3. The maximum Gasteiger partial charge on any atom is 0.134 e. The van der Waals surface area contributed by atoms with Crippen LogP contribution in [0.15, 0.2) is 21.2 Å². The topological polar surface area (TPSA) is 42.2 Å². The fraction of sp³-hybridized carbons (Fsp3) is 0.600. The van der Waals surface area contributed by atoms with Gasteiger partial charge in [0.2, 0.25) is 0 Å². The van der Waals surface area contributed by atoms with Gasteiger partial charge in [-0.25, -0.2) is 0 Å². The molecule has 0 aliphatic rings. The van der Waals surface area contributed by atoms with Crippen molar-refractivity contribution in [3.8, 4) is 0 Å². The summed E-state index contributed by atoms with van der Waals surface area (Å²) in [5.74, 6) is 1.53. The van der Waals surface area contributed by atoms with Crippen LogP contribution in [0.1, 0.15) is 25.6 Å². The molecule has 0 saturated carbocycles. The molecule has 0 bridgehead atoms. The minimum absolute atomic E-state index is 0.118. The van der Waals surface area contributed by atoms with Gasteiger partial charge in [-0.2, -0.15) is 0 Å². The third kappa shape index (κ3) is 4.09. The molecule has 0 fully saturated rings. The van der Waals surface area contributed by atoms with Crippen molar-refractivity contribution in [2.45, 2.75) is 25.9 Å². The first-order valence-electron chi connectivity index (χ1n) is 4.79. The van der Waals surface area contributed by atoms with Crippen LogP contribution in [-0.4, -0.2) is 22.3 Å². The van der Waals surface area contributed by atoms with Gasteiger partial charge in [-0.05, 0) is 35.8 Å². The Bertz CT molecular complexity index is 340. The van der Waals surface area contributed by atoms with Gasteiger partial charge in [0.25, 0.3) is 0 Å². The van der Waals surface area contributed by atoms with Gasteiger partial charge in [0.1, 0.15) is 5.76 Å². The first kappa shape index (κ1) is 12.9. The van der Waals surface area contributed by atoms with Crippen LogP contribution in [0.3, 0.4) is 0 Å². The van der Waals surface area contributed by atoms with Crippen molar-refractivity contribution in [2.24, 2.45) is 0 Å². The van der Waals surface area contributed by atoms with E-state index in [2.05, 4.69) is 21.2 Å². The van der Waals surface area contributed by atoms with Crippen molar-refractivity contribution >= 4 is 26.7 Å². The van der Waals surface area contributed by atoms with E-state index in [0.717, 1.165) is 10.2 Å². The Morgan fingerprint density at radius 3 is 2.73 bits per heavy atom. The summed E-state index contributed by atoms with van der Waals surface area (Å²) in [4.78, 5) is 0. The second-order valence-electron chi connectivity index (χ2n) is 3.66. The van der Waals surface area contributed by atoms with Crippen LogP contribution >= 0.6 is 15.9 Å². The van der Waals surface area contributed by atoms with Crippen molar-refractivity contribution in [2.75, 3.05) is 12.0 Å².